The number of hydrogen-bond acceptors (Lipinski definition) is 4. The number of alkyl carbamates (subject to hydrolysis) is 1. The number of hydrogen-bond donors (Lipinski definition) is 3. The van der Waals surface area contributed by atoms with E-state index in [1.807, 2.05) is 12.1 Å². The SMILES string of the molecule is CC(C)(C)OC(=O)NCC(=O)NCCCNC(=O)Cc1ccccc1Cl. The Morgan fingerprint density at radius 2 is 1.62 bits per heavy atom. The topological polar surface area (TPSA) is 96.5 Å². The molecular weight excluding hydrogens is 358 g/mol. The summed E-state index contributed by atoms with van der Waals surface area (Å²) in [5.74, 6) is -0.450. The van der Waals surface area contributed by atoms with E-state index in [-0.39, 0.29) is 24.8 Å². The van der Waals surface area contributed by atoms with Gasteiger partial charge in [-0.1, -0.05) is 29.8 Å². The second-order valence-electron chi connectivity index (χ2n) is 6.68. The molecule has 0 radical (unpaired) electrons. The van der Waals surface area contributed by atoms with Crippen LogP contribution in [0.25, 0.3) is 0 Å². The predicted molar refractivity (Wildman–Crippen MR) is 100 cm³/mol. The Morgan fingerprint density at radius 3 is 2.23 bits per heavy atom. The van der Waals surface area contributed by atoms with Crippen molar-refractivity contribution in [2.75, 3.05) is 19.6 Å². The van der Waals surface area contributed by atoms with Crippen LogP contribution in [-0.4, -0.2) is 43.1 Å². The third-order valence-corrected chi connectivity index (χ3v) is 3.47. The second-order valence-corrected chi connectivity index (χ2v) is 7.08. The number of ether oxygens (including phenoxy) is 1. The number of halogens is 1. The van der Waals surface area contributed by atoms with E-state index in [1.54, 1.807) is 32.9 Å². The van der Waals surface area contributed by atoms with Crippen molar-refractivity contribution in [2.24, 2.45) is 0 Å². The summed E-state index contributed by atoms with van der Waals surface area (Å²) in [6.45, 7) is 5.89. The van der Waals surface area contributed by atoms with Crippen molar-refractivity contribution in [3.63, 3.8) is 0 Å². The van der Waals surface area contributed by atoms with E-state index in [2.05, 4.69) is 16.0 Å². The summed E-state index contributed by atoms with van der Waals surface area (Å²) in [4.78, 5) is 34.9. The minimum Gasteiger partial charge on any atom is -0.444 e. The molecule has 1 aromatic carbocycles. The Kier molecular flexibility index (Phi) is 8.92. The molecule has 0 spiro atoms. The van der Waals surface area contributed by atoms with E-state index in [0.717, 1.165) is 5.56 Å². The van der Waals surface area contributed by atoms with E-state index in [4.69, 9.17) is 16.3 Å². The van der Waals surface area contributed by atoms with Crippen molar-refractivity contribution < 1.29 is 19.1 Å². The second kappa shape index (κ2) is 10.7. The van der Waals surface area contributed by atoms with Crippen LogP contribution < -0.4 is 16.0 Å². The highest BCUT2D eigenvalue weighted by Crippen LogP contribution is 2.15. The molecule has 144 valence electrons. The van der Waals surface area contributed by atoms with Gasteiger partial charge in [-0.3, -0.25) is 9.59 Å². The zero-order chi connectivity index (χ0) is 19.6. The summed E-state index contributed by atoms with van der Waals surface area (Å²) >= 11 is 6.01. The minimum atomic E-state index is -0.639. The van der Waals surface area contributed by atoms with Crippen LogP contribution in [0.15, 0.2) is 24.3 Å². The van der Waals surface area contributed by atoms with Crippen molar-refractivity contribution in [3.05, 3.63) is 34.9 Å². The molecule has 0 unspecified atom stereocenters. The van der Waals surface area contributed by atoms with Gasteiger partial charge in [0, 0.05) is 18.1 Å². The molecule has 3 amide bonds. The fourth-order valence-electron chi connectivity index (χ4n) is 1.95. The molecule has 0 heterocycles. The van der Waals surface area contributed by atoms with Crippen molar-refractivity contribution >= 4 is 29.5 Å². The molecule has 1 rings (SSSR count). The predicted octanol–water partition coefficient (Wildman–Crippen LogP) is 2.03. The largest absolute Gasteiger partial charge is 0.444 e. The summed E-state index contributed by atoms with van der Waals surface area (Å²) in [6.07, 6.45) is 0.151. The first-order chi connectivity index (χ1) is 12.2. The molecule has 3 N–H and O–H groups in total. The number of amides is 3. The summed E-state index contributed by atoms with van der Waals surface area (Å²) in [6, 6.07) is 7.18. The van der Waals surface area contributed by atoms with Crippen LogP contribution in [0.4, 0.5) is 4.79 Å². The van der Waals surface area contributed by atoms with Gasteiger partial charge in [-0.15, -0.1) is 0 Å². The van der Waals surface area contributed by atoms with Crippen LogP contribution in [0.1, 0.15) is 32.8 Å². The Hall–Kier alpha value is -2.28. The number of rotatable bonds is 8. The molecule has 0 aromatic heterocycles. The zero-order valence-corrected chi connectivity index (χ0v) is 16.1. The first-order valence-corrected chi connectivity index (χ1v) is 8.79. The van der Waals surface area contributed by atoms with Gasteiger partial charge in [0.15, 0.2) is 0 Å². The normalized spacial score (nSPS) is 10.8. The molecule has 0 aliphatic heterocycles. The molecule has 0 aliphatic carbocycles. The Balaban J connectivity index is 2.11. The molecule has 0 saturated heterocycles. The highest BCUT2D eigenvalue weighted by atomic mass is 35.5. The standard InChI is InChI=1S/C18H26ClN3O4/c1-18(2,3)26-17(25)22-12-16(24)21-10-6-9-20-15(23)11-13-7-4-5-8-14(13)19/h4-5,7-8H,6,9-12H2,1-3H3,(H,20,23)(H,21,24)(H,22,25). The van der Waals surface area contributed by atoms with Crippen LogP contribution in [0, 0.1) is 0 Å². The number of nitrogens with one attached hydrogen (secondary N) is 3. The monoisotopic (exact) mass is 383 g/mol. The highest BCUT2D eigenvalue weighted by molar-refractivity contribution is 6.31. The minimum absolute atomic E-state index is 0.129. The van der Waals surface area contributed by atoms with Gasteiger partial charge in [-0.05, 0) is 38.8 Å². The van der Waals surface area contributed by atoms with Gasteiger partial charge in [0.1, 0.15) is 5.60 Å². The van der Waals surface area contributed by atoms with Crippen LogP contribution >= 0.6 is 11.6 Å². The quantitative estimate of drug-likeness (QED) is 0.598. The Morgan fingerprint density at radius 1 is 1.00 bits per heavy atom. The summed E-state index contributed by atoms with van der Waals surface area (Å²) in [7, 11) is 0. The Bertz CT molecular complexity index is 629. The van der Waals surface area contributed by atoms with Gasteiger partial charge in [-0.2, -0.15) is 0 Å². The van der Waals surface area contributed by atoms with Gasteiger partial charge >= 0.3 is 6.09 Å². The van der Waals surface area contributed by atoms with Crippen LogP contribution in [-0.2, 0) is 20.7 Å². The van der Waals surface area contributed by atoms with Gasteiger partial charge < -0.3 is 20.7 Å². The maximum Gasteiger partial charge on any atom is 0.408 e. The summed E-state index contributed by atoms with van der Waals surface area (Å²) in [5, 5.41) is 8.36. The van der Waals surface area contributed by atoms with E-state index in [1.165, 1.54) is 0 Å². The number of carbonyl (C=O) groups is 3. The van der Waals surface area contributed by atoms with Crippen molar-refractivity contribution in [2.45, 2.75) is 39.2 Å². The fourth-order valence-corrected chi connectivity index (χ4v) is 2.15. The maximum atomic E-state index is 11.8. The van der Waals surface area contributed by atoms with Crippen molar-refractivity contribution in [1.29, 1.82) is 0 Å². The van der Waals surface area contributed by atoms with Crippen molar-refractivity contribution in [3.8, 4) is 0 Å². The van der Waals surface area contributed by atoms with E-state index < -0.39 is 11.7 Å². The van der Waals surface area contributed by atoms with E-state index in [9.17, 15) is 14.4 Å². The molecule has 7 nitrogen and oxygen atoms in total. The molecule has 0 saturated carbocycles. The molecule has 8 heteroatoms. The summed E-state index contributed by atoms with van der Waals surface area (Å²) in [5.41, 5.74) is 0.163. The molecular formula is C18H26ClN3O4. The molecule has 0 fully saturated rings. The Labute approximate surface area is 158 Å². The van der Waals surface area contributed by atoms with E-state index >= 15 is 0 Å². The number of carbonyl (C=O) groups excluding carboxylic acids is 3. The van der Waals surface area contributed by atoms with E-state index in [0.29, 0.717) is 24.5 Å². The lowest BCUT2D eigenvalue weighted by atomic mass is 10.1. The summed E-state index contributed by atoms with van der Waals surface area (Å²) < 4.78 is 5.03. The van der Waals surface area contributed by atoms with Gasteiger partial charge in [0.2, 0.25) is 11.8 Å². The van der Waals surface area contributed by atoms with Crippen LogP contribution in [0.5, 0.6) is 0 Å². The lowest BCUT2D eigenvalue weighted by Gasteiger charge is -2.19. The highest BCUT2D eigenvalue weighted by Gasteiger charge is 2.16. The molecule has 0 aliphatic rings. The molecule has 1 aromatic rings. The van der Waals surface area contributed by atoms with Gasteiger partial charge in [0.05, 0.1) is 13.0 Å². The lowest BCUT2D eigenvalue weighted by Crippen LogP contribution is -2.40. The first kappa shape index (κ1) is 21.8. The van der Waals surface area contributed by atoms with Gasteiger partial charge in [-0.25, -0.2) is 4.79 Å². The van der Waals surface area contributed by atoms with Crippen LogP contribution in [0.2, 0.25) is 5.02 Å². The first-order valence-electron chi connectivity index (χ1n) is 8.41. The van der Waals surface area contributed by atoms with Crippen molar-refractivity contribution in [1.82, 2.24) is 16.0 Å². The molecule has 0 bridgehead atoms. The lowest BCUT2D eigenvalue weighted by molar-refractivity contribution is -0.120. The molecule has 26 heavy (non-hydrogen) atoms. The fraction of sp³-hybridized carbons (Fsp3) is 0.500. The third-order valence-electron chi connectivity index (χ3n) is 3.10. The average Bonchev–Trinajstić information content (AvgIpc) is 2.53. The smallest absolute Gasteiger partial charge is 0.408 e. The average molecular weight is 384 g/mol. The van der Waals surface area contributed by atoms with Crippen LogP contribution in [0.3, 0.4) is 0 Å². The molecule has 0 atom stereocenters. The number of benzene rings is 1. The van der Waals surface area contributed by atoms with Gasteiger partial charge in [0.25, 0.3) is 0 Å². The maximum absolute atomic E-state index is 11.8. The zero-order valence-electron chi connectivity index (χ0n) is 15.4. The third kappa shape index (κ3) is 9.88.